The molecule has 2 atom stereocenters. The molecule has 1 heterocycles. The van der Waals surface area contributed by atoms with E-state index in [2.05, 4.69) is 5.32 Å². The second-order valence-electron chi connectivity index (χ2n) is 5.16. The summed E-state index contributed by atoms with van der Waals surface area (Å²) >= 11 is 7.44. The largest absolute Gasteiger partial charge is 0.355 e. The van der Waals surface area contributed by atoms with Crippen LogP contribution in [-0.4, -0.2) is 18.5 Å². The molecule has 1 aromatic rings. The van der Waals surface area contributed by atoms with E-state index in [-0.39, 0.29) is 17.9 Å². The lowest BCUT2D eigenvalue weighted by atomic mass is 9.94. The van der Waals surface area contributed by atoms with Gasteiger partial charge in [0.05, 0.1) is 10.3 Å². The van der Waals surface area contributed by atoms with Gasteiger partial charge in [0.2, 0.25) is 5.91 Å². The number of amides is 1. The summed E-state index contributed by atoms with van der Waals surface area (Å²) in [5, 5.41) is 3.01. The Morgan fingerprint density at radius 3 is 2.89 bits per heavy atom. The predicted molar refractivity (Wildman–Crippen MR) is 80.6 cm³/mol. The molecule has 1 saturated carbocycles. The van der Waals surface area contributed by atoms with E-state index in [1.54, 1.807) is 11.3 Å². The Labute approximate surface area is 123 Å². The van der Waals surface area contributed by atoms with Gasteiger partial charge in [-0.2, -0.15) is 0 Å². The van der Waals surface area contributed by atoms with E-state index in [0.717, 1.165) is 36.4 Å². The molecule has 5 heteroatoms. The second kappa shape index (κ2) is 7.27. The van der Waals surface area contributed by atoms with Crippen molar-refractivity contribution in [1.82, 2.24) is 5.32 Å². The maximum Gasteiger partial charge on any atom is 0.224 e. The van der Waals surface area contributed by atoms with E-state index >= 15 is 0 Å². The van der Waals surface area contributed by atoms with Gasteiger partial charge in [0.25, 0.3) is 0 Å². The predicted octanol–water partition coefficient (Wildman–Crippen LogP) is 2.97. The summed E-state index contributed by atoms with van der Waals surface area (Å²) in [6.07, 6.45) is 6.21. The third-order valence-electron chi connectivity index (χ3n) is 3.71. The molecule has 0 saturated heterocycles. The average molecular weight is 301 g/mol. The first-order valence-electron chi connectivity index (χ1n) is 6.94. The second-order valence-corrected chi connectivity index (χ2v) is 6.95. The lowest BCUT2D eigenvalue weighted by Crippen LogP contribution is -2.41. The molecule has 1 aliphatic carbocycles. The number of carbonyl (C=O) groups is 1. The van der Waals surface area contributed by atoms with E-state index in [9.17, 15) is 4.79 Å². The molecule has 106 valence electrons. The zero-order valence-corrected chi connectivity index (χ0v) is 12.6. The molecule has 1 aromatic heterocycles. The van der Waals surface area contributed by atoms with Crippen LogP contribution in [0.5, 0.6) is 0 Å². The molecule has 3 N–H and O–H groups in total. The van der Waals surface area contributed by atoms with Gasteiger partial charge in [-0.3, -0.25) is 4.79 Å². The Bertz CT molecular complexity index is 421. The van der Waals surface area contributed by atoms with E-state index in [0.29, 0.717) is 6.54 Å². The Kier molecular flexibility index (Phi) is 5.67. The minimum Gasteiger partial charge on any atom is -0.355 e. The minimum atomic E-state index is -0.00516. The monoisotopic (exact) mass is 300 g/mol. The number of thiophene rings is 1. The number of hydrogen-bond donors (Lipinski definition) is 2. The van der Waals surface area contributed by atoms with Crippen LogP contribution in [0.25, 0.3) is 0 Å². The lowest BCUT2D eigenvalue weighted by molar-refractivity contribution is -0.125. The standard InChI is InChI=1S/C14H21ClN2OS/c15-13-7-6-10(19-13)8-9-17-14(18)11-4-2-1-3-5-12(11)16/h6-7,11-12H,1-5,8-9,16H2,(H,17,18). The van der Waals surface area contributed by atoms with Gasteiger partial charge < -0.3 is 11.1 Å². The molecule has 3 nitrogen and oxygen atoms in total. The van der Waals surface area contributed by atoms with Crippen molar-refractivity contribution in [1.29, 1.82) is 0 Å². The molecule has 2 rings (SSSR count). The minimum absolute atomic E-state index is 0.00516. The van der Waals surface area contributed by atoms with Crippen molar-refractivity contribution >= 4 is 28.8 Å². The molecule has 0 radical (unpaired) electrons. The highest BCUT2D eigenvalue weighted by Crippen LogP contribution is 2.23. The zero-order chi connectivity index (χ0) is 13.7. The third kappa shape index (κ3) is 4.48. The maximum atomic E-state index is 12.1. The highest BCUT2D eigenvalue weighted by molar-refractivity contribution is 7.16. The average Bonchev–Trinajstić information content (AvgIpc) is 2.67. The van der Waals surface area contributed by atoms with Crippen LogP contribution >= 0.6 is 22.9 Å². The van der Waals surface area contributed by atoms with Crippen molar-refractivity contribution in [2.24, 2.45) is 11.7 Å². The summed E-state index contributed by atoms with van der Waals surface area (Å²) in [6.45, 7) is 0.666. The molecule has 19 heavy (non-hydrogen) atoms. The van der Waals surface area contributed by atoms with Gasteiger partial charge >= 0.3 is 0 Å². The number of carbonyl (C=O) groups excluding carboxylic acids is 1. The molecule has 0 aliphatic heterocycles. The quantitative estimate of drug-likeness (QED) is 0.840. The first-order chi connectivity index (χ1) is 9.16. The maximum absolute atomic E-state index is 12.1. The van der Waals surface area contributed by atoms with E-state index < -0.39 is 0 Å². The van der Waals surface area contributed by atoms with Crippen LogP contribution in [0.4, 0.5) is 0 Å². The van der Waals surface area contributed by atoms with Gasteiger partial charge in [-0.25, -0.2) is 0 Å². The van der Waals surface area contributed by atoms with Crippen LogP contribution in [0, 0.1) is 5.92 Å². The van der Waals surface area contributed by atoms with Crippen molar-refractivity contribution in [3.05, 3.63) is 21.3 Å². The fraction of sp³-hybridized carbons (Fsp3) is 0.643. The number of hydrogen-bond acceptors (Lipinski definition) is 3. The van der Waals surface area contributed by atoms with Crippen molar-refractivity contribution in [3.8, 4) is 0 Å². The fourth-order valence-electron chi connectivity index (χ4n) is 2.59. The molecular formula is C14H21ClN2OS. The summed E-state index contributed by atoms with van der Waals surface area (Å²) in [7, 11) is 0. The van der Waals surface area contributed by atoms with Crippen LogP contribution in [0.3, 0.4) is 0 Å². The lowest BCUT2D eigenvalue weighted by Gasteiger charge is -2.20. The summed E-state index contributed by atoms with van der Waals surface area (Å²) in [5.74, 6) is 0.117. The highest BCUT2D eigenvalue weighted by atomic mass is 35.5. The molecule has 0 bridgehead atoms. The van der Waals surface area contributed by atoms with Gasteiger partial charge in [0.15, 0.2) is 0 Å². The molecule has 2 unspecified atom stereocenters. The van der Waals surface area contributed by atoms with Crippen molar-refractivity contribution in [3.63, 3.8) is 0 Å². The van der Waals surface area contributed by atoms with Crippen LogP contribution in [0.2, 0.25) is 4.34 Å². The van der Waals surface area contributed by atoms with Crippen molar-refractivity contribution in [2.45, 2.75) is 44.6 Å². The van der Waals surface area contributed by atoms with E-state index in [1.807, 2.05) is 12.1 Å². The van der Waals surface area contributed by atoms with Crippen LogP contribution in [0.1, 0.15) is 37.0 Å². The first kappa shape index (κ1) is 14.8. The van der Waals surface area contributed by atoms with Crippen molar-refractivity contribution in [2.75, 3.05) is 6.54 Å². The molecule has 0 aromatic carbocycles. The van der Waals surface area contributed by atoms with Gasteiger partial charge in [-0.05, 0) is 31.4 Å². The summed E-state index contributed by atoms with van der Waals surface area (Å²) in [4.78, 5) is 13.3. The van der Waals surface area contributed by atoms with Gasteiger partial charge in [-0.15, -0.1) is 11.3 Å². The Hall–Kier alpha value is -0.580. The van der Waals surface area contributed by atoms with Crippen LogP contribution in [0.15, 0.2) is 12.1 Å². The smallest absolute Gasteiger partial charge is 0.224 e. The van der Waals surface area contributed by atoms with Crippen molar-refractivity contribution < 1.29 is 4.79 Å². The van der Waals surface area contributed by atoms with Gasteiger partial charge in [0, 0.05) is 17.5 Å². The SMILES string of the molecule is NC1CCCCCC1C(=O)NCCc1ccc(Cl)s1. The summed E-state index contributed by atoms with van der Waals surface area (Å²) in [6, 6.07) is 3.93. The molecule has 0 spiro atoms. The van der Waals surface area contributed by atoms with E-state index in [1.165, 1.54) is 11.3 Å². The number of nitrogens with one attached hydrogen (secondary N) is 1. The summed E-state index contributed by atoms with van der Waals surface area (Å²) in [5.41, 5.74) is 6.09. The third-order valence-corrected chi connectivity index (χ3v) is 5.00. The number of nitrogens with two attached hydrogens (primary N) is 1. The van der Waals surface area contributed by atoms with E-state index in [4.69, 9.17) is 17.3 Å². The number of rotatable bonds is 4. The zero-order valence-electron chi connectivity index (χ0n) is 11.0. The Morgan fingerprint density at radius 1 is 1.37 bits per heavy atom. The van der Waals surface area contributed by atoms with Gasteiger partial charge in [-0.1, -0.05) is 30.9 Å². The Balaban J connectivity index is 1.76. The Morgan fingerprint density at radius 2 is 2.16 bits per heavy atom. The first-order valence-corrected chi connectivity index (χ1v) is 8.14. The number of halogens is 1. The normalized spacial score (nSPS) is 23.9. The molecule has 1 amide bonds. The topological polar surface area (TPSA) is 55.1 Å². The molecule has 1 aliphatic rings. The van der Waals surface area contributed by atoms with Gasteiger partial charge in [0.1, 0.15) is 0 Å². The summed E-state index contributed by atoms with van der Waals surface area (Å²) < 4.78 is 0.798. The van der Waals surface area contributed by atoms with Crippen LogP contribution in [-0.2, 0) is 11.2 Å². The molecular weight excluding hydrogens is 280 g/mol. The fourth-order valence-corrected chi connectivity index (χ4v) is 3.68. The highest BCUT2D eigenvalue weighted by Gasteiger charge is 2.26. The molecule has 1 fully saturated rings. The van der Waals surface area contributed by atoms with Crippen LogP contribution < -0.4 is 11.1 Å².